The molecule has 1 N–H and O–H groups in total. The van der Waals surface area contributed by atoms with E-state index in [1.807, 2.05) is 0 Å². The van der Waals surface area contributed by atoms with Gasteiger partial charge in [-0.3, -0.25) is 9.59 Å². The lowest BCUT2D eigenvalue weighted by molar-refractivity contribution is -0.173. The van der Waals surface area contributed by atoms with Crippen molar-refractivity contribution in [2.75, 3.05) is 23.9 Å². The number of carbonyl (C=O) groups excluding carboxylic acids is 2. The van der Waals surface area contributed by atoms with E-state index in [1.165, 1.54) is 4.90 Å². The van der Waals surface area contributed by atoms with E-state index in [0.717, 1.165) is 0 Å². The third-order valence-corrected chi connectivity index (χ3v) is 2.81. The van der Waals surface area contributed by atoms with E-state index in [1.54, 1.807) is 35.6 Å². The van der Waals surface area contributed by atoms with E-state index < -0.39 is 12.1 Å². The van der Waals surface area contributed by atoms with Crippen LogP contribution in [0, 0.1) is 0 Å². The molecule has 116 valence electrons. The highest BCUT2D eigenvalue weighted by molar-refractivity contribution is 6.29. The Kier molecular flexibility index (Phi) is 6.48. The maximum Gasteiger partial charge on any atom is 0.471 e. The molecule has 21 heavy (non-hydrogen) atoms. The molecule has 0 aromatic heterocycles. The summed E-state index contributed by atoms with van der Waals surface area (Å²) in [5.41, 5.74) is 0.602. The van der Waals surface area contributed by atoms with Gasteiger partial charge in [-0.1, -0.05) is 18.2 Å². The highest BCUT2D eigenvalue weighted by atomic mass is 35.5. The van der Waals surface area contributed by atoms with Crippen molar-refractivity contribution in [3.05, 3.63) is 30.3 Å². The zero-order valence-electron chi connectivity index (χ0n) is 11.0. The summed E-state index contributed by atoms with van der Waals surface area (Å²) < 4.78 is 36.0. The van der Waals surface area contributed by atoms with Crippen LogP contribution >= 0.6 is 11.6 Å². The van der Waals surface area contributed by atoms with E-state index in [-0.39, 0.29) is 31.3 Å². The van der Waals surface area contributed by atoms with Crippen LogP contribution in [0.15, 0.2) is 30.3 Å². The minimum absolute atomic E-state index is 0.160. The number of halogens is 4. The van der Waals surface area contributed by atoms with Gasteiger partial charge in [-0.05, 0) is 18.6 Å². The SMILES string of the molecule is O=C(CCl)N(CCCNC(=O)C(F)(F)F)c1ccccc1. The summed E-state index contributed by atoms with van der Waals surface area (Å²) in [6, 6.07) is 8.62. The van der Waals surface area contributed by atoms with Crippen LogP contribution in [0.2, 0.25) is 0 Å². The third-order valence-electron chi connectivity index (χ3n) is 2.58. The average Bonchev–Trinajstić information content (AvgIpc) is 2.46. The van der Waals surface area contributed by atoms with Crippen molar-refractivity contribution in [3.8, 4) is 0 Å². The van der Waals surface area contributed by atoms with Crippen molar-refractivity contribution in [3.63, 3.8) is 0 Å². The van der Waals surface area contributed by atoms with E-state index in [0.29, 0.717) is 5.69 Å². The summed E-state index contributed by atoms with van der Waals surface area (Å²) in [5.74, 6) is -2.58. The minimum Gasteiger partial charge on any atom is -0.348 e. The number of nitrogens with zero attached hydrogens (tertiary/aromatic N) is 1. The topological polar surface area (TPSA) is 49.4 Å². The van der Waals surface area contributed by atoms with Gasteiger partial charge in [0.25, 0.3) is 0 Å². The van der Waals surface area contributed by atoms with Crippen molar-refractivity contribution in [1.82, 2.24) is 5.32 Å². The summed E-state index contributed by atoms with van der Waals surface area (Å²) in [7, 11) is 0. The van der Waals surface area contributed by atoms with Crippen molar-refractivity contribution < 1.29 is 22.8 Å². The Morgan fingerprint density at radius 3 is 2.33 bits per heavy atom. The molecule has 1 aromatic carbocycles. The number of hydrogen-bond acceptors (Lipinski definition) is 2. The first kappa shape index (κ1) is 17.3. The number of hydrogen-bond donors (Lipinski definition) is 1. The molecule has 0 aliphatic heterocycles. The Morgan fingerprint density at radius 1 is 1.19 bits per heavy atom. The van der Waals surface area contributed by atoms with Crippen LogP contribution < -0.4 is 10.2 Å². The summed E-state index contributed by atoms with van der Waals surface area (Å²) in [4.78, 5) is 23.7. The van der Waals surface area contributed by atoms with E-state index in [9.17, 15) is 22.8 Å². The summed E-state index contributed by atoms with van der Waals surface area (Å²) in [6.45, 7) is -0.0229. The molecule has 0 atom stereocenters. The molecular weight excluding hydrogens is 309 g/mol. The third kappa shape index (κ3) is 5.63. The molecule has 1 rings (SSSR count). The van der Waals surface area contributed by atoms with Gasteiger partial charge < -0.3 is 10.2 Å². The smallest absolute Gasteiger partial charge is 0.348 e. The number of nitrogens with one attached hydrogen (secondary N) is 1. The number of para-hydroxylation sites is 1. The molecule has 2 amide bonds. The molecule has 0 saturated carbocycles. The number of anilines is 1. The van der Waals surface area contributed by atoms with Crippen molar-refractivity contribution in [2.24, 2.45) is 0 Å². The van der Waals surface area contributed by atoms with Gasteiger partial charge >= 0.3 is 12.1 Å². The molecule has 0 aliphatic carbocycles. The van der Waals surface area contributed by atoms with Gasteiger partial charge in [0, 0.05) is 18.8 Å². The molecule has 0 saturated heterocycles. The maximum atomic E-state index is 12.0. The lowest BCUT2D eigenvalue weighted by Gasteiger charge is -2.22. The van der Waals surface area contributed by atoms with Gasteiger partial charge in [0.05, 0.1) is 0 Å². The molecule has 0 aliphatic rings. The largest absolute Gasteiger partial charge is 0.471 e. The van der Waals surface area contributed by atoms with Crippen LogP contribution in [0.25, 0.3) is 0 Å². The normalized spacial score (nSPS) is 11.0. The van der Waals surface area contributed by atoms with Gasteiger partial charge in [0.15, 0.2) is 0 Å². The molecule has 0 unspecified atom stereocenters. The monoisotopic (exact) mass is 322 g/mol. The van der Waals surface area contributed by atoms with Crippen molar-refractivity contribution in [1.29, 1.82) is 0 Å². The van der Waals surface area contributed by atoms with E-state index in [4.69, 9.17) is 11.6 Å². The molecule has 0 spiro atoms. The molecular formula is C13H14ClF3N2O2. The van der Waals surface area contributed by atoms with Gasteiger partial charge in [-0.25, -0.2) is 0 Å². The second-order valence-electron chi connectivity index (χ2n) is 4.12. The summed E-state index contributed by atoms with van der Waals surface area (Å²) in [5, 5.41) is 1.75. The van der Waals surface area contributed by atoms with Crippen LogP contribution in [0.5, 0.6) is 0 Å². The van der Waals surface area contributed by atoms with Crippen LogP contribution in [0.4, 0.5) is 18.9 Å². The van der Waals surface area contributed by atoms with Crippen molar-refractivity contribution in [2.45, 2.75) is 12.6 Å². The summed E-state index contributed by atoms with van der Waals surface area (Å²) in [6.07, 6.45) is -4.72. The first-order valence-corrected chi connectivity index (χ1v) is 6.66. The predicted molar refractivity (Wildman–Crippen MR) is 73.2 cm³/mol. The highest BCUT2D eigenvalue weighted by Gasteiger charge is 2.38. The van der Waals surface area contributed by atoms with Crippen LogP contribution in [-0.4, -0.2) is 37.0 Å². The molecule has 0 fully saturated rings. The summed E-state index contributed by atoms with van der Waals surface area (Å²) >= 11 is 5.51. The first-order chi connectivity index (χ1) is 9.86. The zero-order valence-corrected chi connectivity index (χ0v) is 11.7. The Hall–Kier alpha value is -1.76. The van der Waals surface area contributed by atoms with E-state index >= 15 is 0 Å². The molecule has 1 aromatic rings. The maximum absolute atomic E-state index is 12.0. The molecule has 0 radical (unpaired) electrons. The van der Waals surface area contributed by atoms with Gasteiger partial charge in [-0.2, -0.15) is 13.2 Å². The van der Waals surface area contributed by atoms with Gasteiger partial charge in [0.1, 0.15) is 5.88 Å². The Balaban J connectivity index is 2.53. The fraction of sp³-hybridized carbons (Fsp3) is 0.385. The second kappa shape index (κ2) is 7.87. The Morgan fingerprint density at radius 2 is 1.81 bits per heavy atom. The highest BCUT2D eigenvalue weighted by Crippen LogP contribution is 2.15. The van der Waals surface area contributed by atoms with Crippen LogP contribution in [-0.2, 0) is 9.59 Å². The van der Waals surface area contributed by atoms with Gasteiger partial charge in [-0.15, -0.1) is 11.6 Å². The molecule has 0 heterocycles. The first-order valence-electron chi connectivity index (χ1n) is 6.12. The zero-order chi connectivity index (χ0) is 15.9. The molecule has 0 bridgehead atoms. The van der Waals surface area contributed by atoms with Crippen LogP contribution in [0.3, 0.4) is 0 Å². The predicted octanol–water partition coefficient (Wildman–Crippen LogP) is 2.33. The average molecular weight is 323 g/mol. The number of carbonyl (C=O) groups is 2. The fourth-order valence-electron chi connectivity index (χ4n) is 1.62. The number of alkyl halides is 4. The minimum atomic E-state index is -4.90. The van der Waals surface area contributed by atoms with E-state index in [2.05, 4.69) is 0 Å². The number of amides is 2. The van der Waals surface area contributed by atoms with Crippen LogP contribution in [0.1, 0.15) is 6.42 Å². The fourth-order valence-corrected chi connectivity index (χ4v) is 1.76. The lowest BCUT2D eigenvalue weighted by atomic mass is 10.2. The Labute approximate surface area is 124 Å². The standard InChI is InChI=1S/C13H14ClF3N2O2/c14-9-11(20)19(10-5-2-1-3-6-10)8-4-7-18-12(21)13(15,16)17/h1-3,5-6H,4,7-9H2,(H,18,21). The van der Waals surface area contributed by atoms with Crippen molar-refractivity contribution >= 4 is 29.1 Å². The molecule has 8 heteroatoms. The number of benzene rings is 1. The second-order valence-corrected chi connectivity index (χ2v) is 4.39. The van der Waals surface area contributed by atoms with Gasteiger partial charge in [0.2, 0.25) is 5.91 Å². The quantitative estimate of drug-likeness (QED) is 0.645. The Bertz CT molecular complexity index is 480. The molecule has 4 nitrogen and oxygen atoms in total. The lowest BCUT2D eigenvalue weighted by Crippen LogP contribution is -2.39. The number of rotatable bonds is 6.